The monoisotopic (exact) mass is 255 g/mol. The minimum atomic E-state index is 0.0691. The first-order valence-electron chi connectivity index (χ1n) is 4.87. The Balaban J connectivity index is 2.66. The van der Waals surface area contributed by atoms with Gasteiger partial charge < -0.3 is 10.8 Å². The van der Waals surface area contributed by atoms with Crippen LogP contribution in [0.3, 0.4) is 0 Å². The van der Waals surface area contributed by atoms with Gasteiger partial charge in [0.25, 0.3) is 0 Å². The summed E-state index contributed by atoms with van der Waals surface area (Å²) >= 11 is 3.52. The molecular formula is C11H14BrNO. The Morgan fingerprint density at radius 2 is 2.29 bits per heavy atom. The van der Waals surface area contributed by atoms with Gasteiger partial charge in [0.1, 0.15) is 5.75 Å². The molecule has 3 heteroatoms. The molecule has 1 aromatic rings. The molecule has 1 atom stereocenters. The maximum atomic E-state index is 9.91. The molecule has 0 fully saturated rings. The summed E-state index contributed by atoms with van der Waals surface area (Å²) in [4.78, 5) is 0. The van der Waals surface area contributed by atoms with Gasteiger partial charge in [0, 0.05) is 16.1 Å². The number of benzene rings is 1. The number of aromatic hydroxyl groups is 1. The zero-order valence-corrected chi connectivity index (χ0v) is 9.76. The summed E-state index contributed by atoms with van der Waals surface area (Å²) in [6.07, 6.45) is 3.01. The summed E-state index contributed by atoms with van der Waals surface area (Å²) in [5.74, 6) is 0.429. The highest BCUT2D eigenvalue weighted by Crippen LogP contribution is 2.40. The molecule has 1 aromatic carbocycles. The average Bonchev–Trinajstić information content (AvgIpc) is 2.14. The fraction of sp³-hybridized carbons (Fsp3) is 0.455. The highest BCUT2D eigenvalue weighted by atomic mass is 79.9. The first-order valence-corrected chi connectivity index (χ1v) is 5.67. The zero-order chi connectivity index (χ0) is 10.3. The lowest BCUT2D eigenvalue weighted by Crippen LogP contribution is -2.18. The minimum absolute atomic E-state index is 0.0691. The van der Waals surface area contributed by atoms with E-state index in [-0.39, 0.29) is 6.04 Å². The van der Waals surface area contributed by atoms with E-state index in [1.807, 2.05) is 13.0 Å². The van der Waals surface area contributed by atoms with Gasteiger partial charge in [0.15, 0.2) is 0 Å². The molecule has 2 rings (SSSR count). The fourth-order valence-corrected chi connectivity index (χ4v) is 3.02. The number of rotatable bonds is 0. The third-order valence-electron chi connectivity index (χ3n) is 2.90. The van der Waals surface area contributed by atoms with Crippen LogP contribution in [0.4, 0.5) is 0 Å². The van der Waals surface area contributed by atoms with Crippen LogP contribution in [0.25, 0.3) is 0 Å². The van der Waals surface area contributed by atoms with Crippen molar-refractivity contribution in [3.05, 3.63) is 27.2 Å². The van der Waals surface area contributed by atoms with E-state index >= 15 is 0 Å². The summed E-state index contributed by atoms with van der Waals surface area (Å²) in [6, 6.07) is 2.01. The van der Waals surface area contributed by atoms with E-state index in [0.717, 1.165) is 40.4 Å². The Bertz CT molecular complexity index is 376. The molecule has 0 saturated carbocycles. The van der Waals surface area contributed by atoms with E-state index in [0.29, 0.717) is 5.75 Å². The highest BCUT2D eigenvalue weighted by molar-refractivity contribution is 9.10. The summed E-state index contributed by atoms with van der Waals surface area (Å²) in [7, 11) is 0. The number of aryl methyl sites for hydroxylation is 1. The summed E-state index contributed by atoms with van der Waals surface area (Å²) < 4.78 is 1.04. The van der Waals surface area contributed by atoms with Gasteiger partial charge in [-0.05, 0) is 43.4 Å². The van der Waals surface area contributed by atoms with Gasteiger partial charge in [-0.2, -0.15) is 0 Å². The number of fused-ring (bicyclic) bond motifs is 1. The van der Waals surface area contributed by atoms with Gasteiger partial charge in [-0.3, -0.25) is 0 Å². The normalized spacial score (nSPS) is 20.6. The van der Waals surface area contributed by atoms with Gasteiger partial charge in [-0.15, -0.1) is 0 Å². The third kappa shape index (κ3) is 1.44. The first kappa shape index (κ1) is 9.99. The van der Waals surface area contributed by atoms with E-state index in [4.69, 9.17) is 5.73 Å². The first-order chi connectivity index (χ1) is 6.61. The van der Waals surface area contributed by atoms with Crippen molar-refractivity contribution in [3.63, 3.8) is 0 Å². The van der Waals surface area contributed by atoms with Crippen LogP contribution in [0.2, 0.25) is 0 Å². The third-order valence-corrected chi connectivity index (χ3v) is 3.55. The lowest BCUT2D eigenvalue weighted by molar-refractivity contribution is 0.450. The Morgan fingerprint density at radius 3 is 3.00 bits per heavy atom. The van der Waals surface area contributed by atoms with Crippen molar-refractivity contribution in [1.82, 2.24) is 0 Å². The second-order valence-electron chi connectivity index (χ2n) is 3.91. The second-order valence-corrected chi connectivity index (χ2v) is 4.77. The molecule has 0 radical (unpaired) electrons. The van der Waals surface area contributed by atoms with E-state index in [2.05, 4.69) is 15.9 Å². The van der Waals surface area contributed by atoms with Crippen molar-refractivity contribution in [2.75, 3.05) is 0 Å². The molecule has 1 aliphatic carbocycles. The summed E-state index contributed by atoms with van der Waals surface area (Å²) in [5, 5.41) is 9.91. The molecule has 14 heavy (non-hydrogen) atoms. The van der Waals surface area contributed by atoms with Crippen molar-refractivity contribution in [3.8, 4) is 5.75 Å². The predicted octanol–water partition coefficient (Wildman–Crippen LogP) is 2.80. The van der Waals surface area contributed by atoms with Crippen molar-refractivity contribution >= 4 is 15.9 Å². The van der Waals surface area contributed by atoms with Crippen molar-refractivity contribution in [2.45, 2.75) is 32.2 Å². The Hall–Kier alpha value is -0.540. The van der Waals surface area contributed by atoms with Gasteiger partial charge >= 0.3 is 0 Å². The van der Waals surface area contributed by atoms with E-state index in [9.17, 15) is 5.11 Å². The molecule has 2 nitrogen and oxygen atoms in total. The number of phenols is 1. The molecule has 0 unspecified atom stereocenters. The maximum absolute atomic E-state index is 9.91. The number of phenolic OH excluding ortho intramolecular Hbond substituents is 1. The van der Waals surface area contributed by atoms with Crippen molar-refractivity contribution in [1.29, 1.82) is 0 Å². The molecule has 0 spiro atoms. The lowest BCUT2D eigenvalue weighted by Gasteiger charge is -2.25. The Kier molecular flexibility index (Phi) is 2.54. The number of hydrogen-bond acceptors (Lipinski definition) is 2. The standard InChI is InChI=1S/C11H14BrNO/c1-6-5-8(12)10-7(11(6)14)3-2-4-9(10)13/h5,9,14H,2-4,13H2,1H3/t9-/m1/s1. The van der Waals surface area contributed by atoms with Crippen LogP contribution in [-0.4, -0.2) is 5.11 Å². The molecule has 0 saturated heterocycles. The second kappa shape index (κ2) is 3.55. The summed E-state index contributed by atoms with van der Waals surface area (Å²) in [5.41, 5.74) is 9.08. The fourth-order valence-electron chi connectivity index (χ4n) is 2.14. The number of hydrogen-bond donors (Lipinski definition) is 2. The molecule has 1 aliphatic rings. The largest absolute Gasteiger partial charge is 0.507 e. The van der Waals surface area contributed by atoms with E-state index in [1.54, 1.807) is 0 Å². The van der Waals surface area contributed by atoms with Crippen LogP contribution in [0, 0.1) is 6.92 Å². The van der Waals surface area contributed by atoms with Gasteiger partial charge in [0.05, 0.1) is 0 Å². The zero-order valence-electron chi connectivity index (χ0n) is 8.18. The van der Waals surface area contributed by atoms with Crippen LogP contribution in [0.5, 0.6) is 5.75 Å². The molecular weight excluding hydrogens is 242 g/mol. The lowest BCUT2D eigenvalue weighted by atomic mass is 9.86. The molecule has 0 amide bonds. The van der Waals surface area contributed by atoms with Crippen LogP contribution in [-0.2, 0) is 6.42 Å². The Morgan fingerprint density at radius 1 is 1.57 bits per heavy atom. The van der Waals surface area contributed by atoms with E-state index in [1.165, 1.54) is 0 Å². The molecule has 76 valence electrons. The maximum Gasteiger partial charge on any atom is 0.122 e. The number of nitrogens with two attached hydrogens (primary N) is 1. The molecule has 0 aliphatic heterocycles. The van der Waals surface area contributed by atoms with Gasteiger partial charge in [-0.25, -0.2) is 0 Å². The quantitative estimate of drug-likeness (QED) is 0.749. The van der Waals surface area contributed by atoms with Crippen molar-refractivity contribution < 1.29 is 5.11 Å². The molecule has 0 aromatic heterocycles. The van der Waals surface area contributed by atoms with Crippen LogP contribution in [0.15, 0.2) is 10.5 Å². The van der Waals surface area contributed by atoms with Gasteiger partial charge in [-0.1, -0.05) is 15.9 Å². The van der Waals surface area contributed by atoms with Crippen LogP contribution in [0.1, 0.15) is 35.6 Å². The highest BCUT2D eigenvalue weighted by Gasteiger charge is 2.23. The summed E-state index contributed by atoms with van der Waals surface area (Å²) in [6.45, 7) is 1.92. The van der Waals surface area contributed by atoms with Crippen molar-refractivity contribution in [2.24, 2.45) is 5.73 Å². The van der Waals surface area contributed by atoms with Crippen LogP contribution < -0.4 is 5.73 Å². The SMILES string of the molecule is Cc1cc(Br)c2c(c1O)CCC[C@H]2N. The predicted molar refractivity (Wildman–Crippen MR) is 60.4 cm³/mol. The average molecular weight is 256 g/mol. The smallest absolute Gasteiger partial charge is 0.122 e. The Labute approximate surface area is 92.3 Å². The minimum Gasteiger partial charge on any atom is -0.507 e. The topological polar surface area (TPSA) is 46.2 Å². The van der Waals surface area contributed by atoms with E-state index < -0.39 is 0 Å². The molecule has 3 N–H and O–H groups in total. The van der Waals surface area contributed by atoms with Gasteiger partial charge in [0.2, 0.25) is 0 Å². The number of halogens is 1. The molecule has 0 bridgehead atoms. The molecule has 0 heterocycles. The van der Waals surface area contributed by atoms with Crippen LogP contribution >= 0.6 is 15.9 Å².